The van der Waals surface area contributed by atoms with Crippen LogP contribution in [0.5, 0.6) is 0 Å². The molecule has 2 unspecified atom stereocenters. The van der Waals surface area contributed by atoms with Crippen molar-refractivity contribution in [3.8, 4) is 0 Å². The maximum absolute atomic E-state index is 12.4. The fourth-order valence-electron chi connectivity index (χ4n) is 10.4. The summed E-state index contributed by atoms with van der Waals surface area (Å²) in [7, 11) is 0. The summed E-state index contributed by atoms with van der Waals surface area (Å²) in [6, 6.07) is -0.624. The second-order valence-corrected chi connectivity index (χ2v) is 23.1. The SMILES string of the molecule is CCCCC/C=C\CCCCCCCC(=O)OCCCCCCCCCCCCCCC/C=C\C/C=C\CCCCCCCCCCCCCCCCCCCC(=O)NC(CO)C(O)/C=C/CCCCCCCCCC. The molecule has 2 atom stereocenters. The van der Waals surface area contributed by atoms with Crippen LogP contribution in [0.25, 0.3) is 0 Å². The number of rotatable bonds is 63. The zero-order chi connectivity index (χ0) is 55.0. The fourth-order valence-corrected chi connectivity index (χ4v) is 10.4. The summed E-state index contributed by atoms with van der Waals surface area (Å²) in [5.41, 5.74) is 0. The van der Waals surface area contributed by atoms with Gasteiger partial charge in [-0.05, 0) is 89.9 Å². The van der Waals surface area contributed by atoms with E-state index in [4.69, 9.17) is 4.74 Å². The predicted molar refractivity (Wildman–Crippen MR) is 333 cm³/mol. The van der Waals surface area contributed by atoms with Gasteiger partial charge < -0.3 is 20.3 Å². The van der Waals surface area contributed by atoms with Crippen molar-refractivity contribution < 1.29 is 24.5 Å². The third-order valence-corrected chi connectivity index (χ3v) is 15.6. The fraction of sp³-hybridized carbons (Fsp3) is 0.857. The topological polar surface area (TPSA) is 95.9 Å². The lowest BCUT2D eigenvalue weighted by Crippen LogP contribution is -2.45. The van der Waals surface area contributed by atoms with Crippen LogP contribution in [0.3, 0.4) is 0 Å². The van der Waals surface area contributed by atoms with Gasteiger partial charge in [0.05, 0.1) is 25.4 Å². The van der Waals surface area contributed by atoms with Crippen molar-refractivity contribution in [2.75, 3.05) is 13.2 Å². The molecule has 6 nitrogen and oxygen atoms in total. The lowest BCUT2D eigenvalue weighted by atomic mass is 10.0. The quantitative estimate of drug-likeness (QED) is 0.0320. The minimum absolute atomic E-state index is 0.00819. The highest BCUT2D eigenvalue weighted by Gasteiger charge is 2.18. The van der Waals surface area contributed by atoms with Crippen LogP contribution in [0, 0.1) is 0 Å². The normalized spacial score (nSPS) is 12.8. The van der Waals surface area contributed by atoms with E-state index in [1.165, 1.54) is 283 Å². The van der Waals surface area contributed by atoms with Crippen LogP contribution in [0.2, 0.25) is 0 Å². The van der Waals surface area contributed by atoms with Crippen molar-refractivity contribution in [3.05, 3.63) is 48.6 Å². The summed E-state index contributed by atoms with van der Waals surface area (Å²) >= 11 is 0. The van der Waals surface area contributed by atoms with Gasteiger partial charge in [0, 0.05) is 12.8 Å². The molecule has 0 saturated heterocycles. The third-order valence-electron chi connectivity index (χ3n) is 15.6. The summed E-state index contributed by atoms with van der Waals surface area (Å²) in [6.45, 7) is 4.87. The van der Waals surface area contributed by atoms with Crippen molar-refractivity contribution >= 4 is 11.9 Å². The van der Waals surface area contributed by atoms with Gasteiger partial charge in [-0.2, -0.15) is 0 Å². The van der Waals surface area contributed by atoms with Crippen LogP contribution in [0.1, 0.15) is 361 Å². The van der Waals surface area contributed by atoms with E-state index in [1.54, 1.807) is 6.08 Å². The smallest absolute Gasteiger partial charge is 0.305 e. The maximum atomic E-state index is 12.4. The van der Waals surface area contributed by atoms with E-state index >= 15 is 0 Å². The molecule has 0 aromatic heterocycles. The highest BCUT2D eigenvalue weighted by Crippen LogP contribution is 2.18. The molecule has 1 amide bonds. The molecule has 0 spiro atoms. The number of esters is 1. The van der Waals surface area contributed by atoms with E-state index in [9.17, 15) is 19.8 Å². The van der Waals surface area contributed by atoms with Crippen LogP contribution in [-0.4, -0.2) is 47.4 Å². The molecular weight excluding hydrogens is 935 g/mol. The van der Waals surface area contributed by atoms with E-state index in [0.29, 0.717) is 19.4 Å². The predicted octanol–water partition coefficient (Wildman–Crippen LogP) is 21.7. The molecule has 0 aliphatic carbocycles. The highest BCUT2D eigenvalue weighted by atomic mass is 16.5. The van der Waals surface area contributed by atoms with Crippen LogP contribution >= 0.6 is 0 Å². The van der Waals surface area contributed by atoms with Gasteiger partial charge in [0.2, 0.25) is 5.91 Å². The molecule has 0 fully saturated rings. The monoisotopic (exact) mass is 1070 g/mol. The number of carbonyl (C=O) groups excluding carboxylic acids is 2. The molecule has 0 aromatic rings. The molecule has 0 aromatic carbocycles. The second kappa shape index (κ2) is 65.3. The molecule has 0 radical (unpaired) electrons. The Hall–Kier alpha value is -2.18. The summed E-state index contributed by atoms with van der Waals surface area (Å²) in [5.74, 6) is -0.0583. The van der Waals surface area contributed by atoms with Gasteiger partial charge >= 0.3 is 5.97 Å². The first-order valence-corrected chi connectivity index (χ1v) is 33.9. The summed E-state index contributed by atoms with van der Waals surface area (Å²) in [4.78, 5) is 24.4. The van der Waals surface area contributed by atoms with Crippen LogP contribution in [0.15, 0.2) is 48.6 Å². The number of hydrogen-bond donors (Lipinski definition) is 3. The lowest BCUT2D eigenvalue weighted by Gasteiger charge is -2.20. The second-order valence-electron chi connectivity index (χ2n) is 23.1. The molecule has 0 bridgehead atoms. The Morgan fingerprint density at radius 2 is 0.658 bits per heavy atom. The Balaban J connectivity index is 3.36. The first kappa shape index (κ1) is 73.8. The standard InChI is InChI=1S/C70H131NO5/c1-3-5-7-9-11-13-15-44-48-52-56-60-64-70(75)76-65-61-57-53-49-45-42-40-38-36-34-32-30-28-26-24-22-20-18-16-17-19-21-23-25-27-29-31-33-35-37-39-41-43-47-51-55-59-63-69(74)71-67(66-72)68(73)62-58-54-50-46-14-12-10-8-6-4-2/h11,13,16,18,22,24,58,62,67-68,72-73H,3-10,12,14-15,17,19-21,23,25-57,59-61,63-66H2,1-2H3,(H,71,74)/b13-11-,18-16-,24-22-,62-58+. The van der Waals surface area contributed by atoms with Gasteiger partial charge in [0.25, 0.3) is 0 Å². The Labute approximate surface area is 474 Å². The molecule has 0 heterocycles. The van der Waals surface area contributed by atoms with Gasteiger partial charge in [-0.25, -0.2) is 0 Å². The number of carbonyl (C=O) groups is 2. The zero-order valence-electron chi connectivity index (χ0n) is 51.0. The molecule has 76 heavy (non-hydrogen) atoms. The molecule has 0 aliphatic rings. The van der Waals surface area contributed by atoms with E-state index in [-0.39, 0.29) is 18.5 Å². The van der Waals surface area contributed by atoms with Crippen molar-refractivity contribution in [2.45, 2.75) is 373 Å². The molecule has 0 aliphatic heterocycles. The Bertz CT molecular complexity index is 1270. The lowest BCUT2D eigenvalue weighted by molar-refractivity contribution is -0.143. The average Bonchev–Trinajstić information content (AvgIpc) is 3.42. The Morgan fingerprint density at radius 1 is 0.368 bits per heavy atom. The largest absolute Gasteiger partial charge is 0.466 e. The molecule has 446 valence electrons. The zero-order valence-corrected chi connectivity index (χ0v) is 51.0. The third kappa shape index (κ3) is 61.0. The number of allylic oxidation sites excluding steroid dienone is 7. The summed E-state index contributed by atoms with van der Waals surface area (Å²) in [6.07, 6.45) is 84.9. The average molecular weight is 1070 g/mol. The highest BCUT2D eigenvalue weighted by molar-refractivity contribution is 5.76. The Morgan fingerprint density at radius 3 is 1.04 bits per heavy atom. The number of nitrogens with one attached hydrogen (secondary N) is 1. The van der Waals surface area contributed by atoms with Crippen molar-refractivity contribution in [1.29, 1.82) is 0 Å². The molecule has 6 heteroatoms. The Kier molecular flexibility index (Phi) is 63.5. The summed E-state index contributed by atoms with van der Waals surface area (Å²) < 4.78 is 5.47. The molecule has 0 rings (SSSR count). The first-order chi connectivity index (χ1) is 37.5. The van der Waals surface area contributed by atoms with E-state index in [1.807, 2.05) is 6.08 Å². The maximum Gasteiger partial charge on any atom is 0.305 e. The van der Waals surface area contributed by atoms with Crippen molar-refractivity contribution in [3.63, 3.8) is 0 Å². The van der Waals surface area contributed by atoms with Gasteiger partial charge in [0.1, 0.15) is 0 Å². The number of ether oxygens (including phenoxy) is 1. The van der Waals surface area contributed by atoms with Gasteiger partial charge in [-0.1, -0.05) is 306 Å². The molecule has 0 saturated carbocycles. The van der Waals surface area contributed by atoms with Crippen LogP contribution < -0.4 is 5.32 Å². The number of aliphatic hydroxyl groups is 2. The van der Waals surface area contributed by atoms with Crippen LogP contribution in [-0.2, 0) is 14.3 Å². The molecular formula is C70H131NO5. The van der Waals surface area contributed by atoms with Gasteiger partial charge in [-0.15, -0.1) is 0 Å². The number of aliphatic hydroxyl groups excluding tert-OH is 2. The first-order valence-electron chi connectivity index (χ1n) is 33.9. The molecule has 3 N–H and O–H groups in total. The number of amides is 1. The number of unbranched alkanes of at least 4 members (excludes halogenated alkanes) is 46. The van der Waals surface area contributed by atoms with Gasteiger partial charge in [-0.3, -0.25) is 9.59 Å². The minimum atomic E-state index is -0.841. The van der Waals surface area contributed by atoms with E-state index in [2.05, 4.69) is 55.6 Å². The van der Waals surface area contributed by atoms with Crippen molar-refractivity contribution in [2.24, 2.45) is 0 Å². The van der Waals surface area contributed by atoms with Crippen LogP contribution in [0.4, 0.5) is 0 Å². The van der Waals surface area contributed by atoms with E-state index < -0.39 is 12.1 Å². The van der Waals surface area contributed by atoms with Crippen molar-refractivity contribution in [1.82, 2.24) is 5.32 Å². The van der Waals surface area contributed by atoms with Gasteiger partial charge in [0.15, 0.2) is 0 Å². The minimum Gasteiger partial charge on any atom is -0.466 e. The number of hydrogen-bond acceptors (Lipinski definition) is 5. The van der Waals surface area contributed by atoms with E-state index in [0.717, 1.165) is 51.4 Å². The summed E-state index contributed by atoms with van der Waals surface area (Å²) in [5, 5.41) is 23.0.